The number of nitriles is 2. The third kappa shape index (κ3) is 2.75. The van der Waals surface area contributed by atoms with Crippen molar-refractivity contribution in [2.24, 2.45) is 0 Å². The van der Waals surface area contributed by atoms with Crippen LogP contribution < -0.4 is 0 Å². The monoisotopic (exact) mass is 386 g/mol. The van der Waals surface area contributed by atoms with Crippen molar-refractivity contribution in [1.82, 2.24) is 9.97 Å². The van der Waals surface area contributed by atoms with Crippen LogP contribution in [0.4, 0.5) is 0 Å². The van der Waals surface area contributed by atoms with Crippen LogP contribution in [0.2, 0.25) is 0 Å². The molecule has 4 rings (SSSR count). The predicted molar refractivity (Wildman–Crippen MR) is 114 cm³/mol. The summed E-state index contributed by atoms with van der Waals surface area (Å²) in [6.07, 6.45) is 3.30. The maximum absolute atomic E-state index is 10.8. The minimum absolute atomic E-state index is 0.495. The van der Waals surface area contributed by atoms with Crippen LogP contribution in [0.25, 0.3) is 0 Å². The molecule has 2 aromatic carbocycles. The molecule has 0 aliphatic rings. The Bertz CT molecular complexity index is 1010. The molecular formula is C26H18N4. The van der Waals surface area contributed by atoms with E-state index in [1.165, 1.54) is 0 Å². The molecule has 30 heavy (non-hydrogen) atoms. The van der Waals surface area contributed by atoms with E-state index >= 15 is 0 Å². The van der Waals surface area contributed by atoms with Crippen molar-refractivity contribution < 1.29 is 0 Å². The van der Waals surface area contributed by atoms with Crippen LogP contribution in [0.5, 0.6) is 0 Å². The van der Waals surface area contributed by atoms with Crippen molar-refractivity contribution in [3.63, 3.8) is 0 Å². The van der Waals surface area contributed by atoms with E-state index in [0.717, 1.165) is 0 Å². The van der Waals surface area contributed by atoms with Gasteiger partial charge in [-0.1, -0.05) is 72.8 Å². The second-order valence-corrected chi connectivity index (χ2v) is 6.89. The number of nitrogens with zero attached hydrogens (tertiary/aromatic N) is 4. The van der Waals surface area contributed by atoms with Gasteiger partial charge in [-0.05, 0) is 35.4 Å². The van der Waals surface area contributed by atoms with Crippen molar-refractivity contribution in [3.8, 4) is 12.1 Å². The molecule has 0 saturated heterocycles. The minimum atomic E-state index is -1.43. The highest BCUT2D eigenvalue weighted by atomic mass is 14.8. The van der Waals surface area contributed by atoms with Gasteiger partial charge in [0.15, 0.2) is 10.8 Å². The second-order valence-electron chi connectivity index (χ2n) is 6.89. The van der Waals surface area contributed by atoms with Crippen LogP contribution in [0.3, 0.4) is 0 Å². The predicted octanol–water partition coefficient (Wildman–Crippen LogP) is 4.80. The van der Waals surface area contributed by atoms with Gasteiger partial charge in [-0.3, -0.25) is 9.97 Å². The lowest BCUT2D eigenvalue weighted by Crippen LogP contribution is -2.50. The minimum Gasteiger partial charge on any atom is -0.259 e. The molecule has 0 radical (unpaired) electrons. The highest BCUT2D eigenvalue weighted by Gasteiger charge is 2.59. The first-order valence-corrected chi connectivity index (χ1v) is 9.56. The van der Waals surface area contributed by atoms with Gasteiger partial charge in [-0.2, -0.15) is 10.5 Å². The summed E-state index contributed by atoms with van der Waals surface area (Å²) < 4.78 is 0. The Morgan fingerprint density at radius 2 is 0.867 bits per heavy atom. The quantitative estimate of drug-likeness (QED) is 0.494. The Morgan fingerprint density at radius 1 is 0.500 bits per heavy atom. The molecule has 4 aromatic rings. The molecule has 0 spiro atoms. The fourth-order valence-corrected chi connectivity index (χ4v) is 4.07. The molecule has 0 saturated carbocycles. The average molecular weight is 386 g/mol. The summed E-state index contributed by atoms with van der Waals surface area (Å²) in [6.45, 7) is 0. The van der Waals surface area contributed by atoms with E-state index in [0.29, 0.717) is 22.5 Å². The Hall–Kier alpha value is -4.28. The first-order chi connectivity index (χ1) is 14.8. The molecule has 4 nitrogen and oxygen atoms in total. The Morgan fingerprint density at radius 3 is 1.17 bits per heavy atom. The number of hydrogen-bond donors (Lipinski definition) is 0. The summed E-state index contributed by atoms with van der Waals surface area (Å²) in [5, 5.41) is 21.6. The Balaban J connectivity index is 2.21. The topological polar surface area (TPSA) is 73.4 Å². The van der Waals surface area contributed by atoms with Crippen LogP contribution >= 0.6 is 0 Å². The molecule has 2 unspecified atom stereocenters. The molecule has 0 aliphatic carbocycles. The van der Waals surface area contributed by atoms with Crippen molar-refractivity contribution in [1.29, 1.82) is 10.5 Å². The van der Waals surface area contributed by atoms with Crippen molar-refractivity contribution in [3.05, 3.63) is 132 Å². The number of aromatic nitrogens is 2. The standard InChI is InChI=1S/C26H18N4/c27-19-25(21-11-3-1-4-12-21,23-15-7-9-17-29-23)26(20-28,22-13-5-2-6-14-22)24-16-8-10-18-30-24/h1-18H. The van der Waals surface area contributed by atoms with Gasteiger partial charge in [-0.15, -0.1) is 0 Å². The van der Waals surface area contributed by atoms with E-state index in [9.17, 15) is 10.5 Å². The number of hydrogen-bond acceptors (Lipinski definition) is 4. The van der Waals surface area contributed by atoms with E-state index in [4.69, 9.17) is 0 Å². The zero-order valence-corrected chi connectivity index (χ0v) is 16.2. The summed E-state index contributed by atoms with van der Waals surface area (Å²) in [5.41, 5.74) is -0.506. The number of pyridine rings is 2. The lowest BCUT2D eigenvalue weighted by Gasteiger charge is -2.41. The molecule has 0 aliphatic heterocycles. The molecular weight excluding hydrogens is 368 g/mol. The first kappa shape index (κ1) is 19.1. The van der Waals surface area contributed by atoms with Gasteiger partial charge in [0, 0.05) is 12.4 Å². The summed E-state index contributed by atoms with van der Waals surface area (Å²) in [7, 11) is 0. The molecule has 0 N–H and O–H groups in total. The summed E-state index contributed by atoms with van der Waals surface area (Å²) in [4.78, 5) is 9.12. The van der Waals surface area contributed by atoms with Gasteiger partial charge >= 0.3 is 0 Å². The maximum Gasteiger partial charge on any atom is 0.152 e. The van der Waals surface area contributed by atoms with Crippen LogP contribution in [0.1, 0.15) is 22.5 Å². The van der Waals surface area contributed by atoms with Gasteiger partial charge in [0.05, 0.1) is 23.5 Å². The van der Waals surface area contributed by atoms with Gasteiger partial charge < -0.3 is 0 Å². The van der Waals surface area contributed by atoms with Crippen LogP contribution in [-0.2, 0) is 10.8 Å². The van der Waals surface area contributed by atoms with E-state index in [1.807, 2.05) is 72.8 Å². The zero-order valence-electron chi connectivity index (χ0n) is 16.2. The van der Waals surface area contributed by atoms with Crippen LogP contribution in [0, 0.1) is 22.7 Å². The van der Waals surface area contributed by atoms with Crippen molar-refractivity contribution in [2.75, 3.05) is 0 Å². The van der Waals surface area contributed by atoms with E-state index in [-0.39, 0.29) is 0 Å². The molecule has 142 valence electrons. The highest BCUT2D eigenvalue weighted by Crippen LogP contribution is 2.51. The van der Waals surface area contributed by atoms with Crippen molar-refractivity contribution in [2.45, 2.75) is 10.8 Å². The van der Waals surface area contributed by atoms with Gasteiger partial charge in [0.2, 0.25) is 0 Å². The smallest absolute Gasteiger partial charge is 0.152 e. The third-order valence-electron chi connectivity index (χ3n) is 5.41. The van der Waals surface area contributed by atoms with Gasteiger partial charge in [0.25, 0.3) is 0 Å². The molecule has 2 aromatic heterocycles. The van der Waals surface area contributed by atoms with Crippen molar-refractivity contribution >= 4 is 0 Å². The lowest BCUT2D eigenvalue weighted by atomic mass is 9.55. The van der Waals surface area contributed by atoms with Gasteiger partial charge in [-0.25, -0.2) is 0 Å². The van der Waals surface area contributed by atoms with Crippen LogP contribution in [-0.4, -0.2) is 9.97 Å². The molecule has 2 heterocycles. The second kappa shape index (κ2) is 7.99. The average Bonchev–Trinajstić information content (AvgIpc) is 2.85. The summed E-state index contributed by atoms with van der Waals surface area (Å²) in [6, 6.07) is 34.6. The summed E-state index contributed by atoms with van der Waals surface area (Å²) >= 11 is 0. The maximum atomic E-state index is 10.8. The van der Waals surface area contributed by atoms with E-state index in [1.54, 1.807) is 36.7 Å². The largest absolute Gasteiger partial charge is 0.259 e. The number of rotatable bonds is 5. The molecule has 0 amide bonds. The highest BCUT2D eigenvalue weighted by molar-refractivity contribution is 5.61. The fourth-order valence-electron chi connectivity index (χ4n) is 4.07. The van der Waals surface area contributed by atoms with Crippen LogP contribution in [0.15, 0.2) is 109 Å². The molecule has 4 heteroatoms. The van der Waals surface area contributed by atoms with E-state index < -0.39 is 10.8 Å². The summed E-state index contributed by atoms with van der Waals surface area (Å²) in [5.74, 6) is 0. The number of benzene rings is 2. The first-order valence-electron chi connectivity index (χ1n) is 9.56. The Labute approximate surface area is 175 Å². The van der Waals surface area contributed by atoms with Gasteiger partial charge in [0.1, 0.15) is 0 Å². The molecule has 0 fully saturated rings. The normalized spacial score (nSPS) is 14.5. The Kier molecular flexibility index (Phi) is 5.08. The lowest BCUT2D eigenvalue weighted by molar-refractivity contribution is 0.448. The third-order valence-corrected chi connectivity index (χ3v) is 5.41. The van der Waals surface area contributed by atoms with E-state index in [2.05, 4.69) is 22.1 Å². The zero-order chi connectivity index (χ0) is 20.9. The SMILES string of the molecule is N#CC(c1ccccc1)(c1ccccn1)C(C#N)(c1ccccc1)c1ccccn1. The fraction of sp³-hybridized carbons (Fsp3) is 0.0769. The molecule has 2 atom stereocenters. The molecule has 0 bridgehead atoms.